The minimum Gasteiger partial charge on any atom is -0.744 e. The van der Waals surface area contributed by atoms with E-state index in [1.165, 1.54) is 12.1 Å². The lowest BCUT2D eigenvalue weighted by molar-refractivity contribution is 0.451. The molecule has 0 amide bonds. The number of aromatic hydroxyl groups is 1. The average molecular weight is 327 g/mol. The number of nitrogens with one attached hydrogen (secondary N) is 2. The average Bonchev–Trinajstić information content (AvgIpc) is 2.37. The van der Waals surface area contributed by atoms with Crippen molar-refractivity contribution in [3.8, 4) is 5.88 Å². The van der Waals surface area contributed by atoms with Gasteiger partial charge in [0.1, 0.15) is 10.1 Å². The number of H-pyrrole nitrogens is 2. The highest BCUT2D eigenvalue weighted by molar-refractivity contribution is 7.85. The Labute approximate surface area is 122 Å². The molecule has 0 saturated carbocycles. The number of rotatable bonds is 3. The first-order valence-electron chi connectivity index (χ1n) is 5.30. The van der Waals surface area contributed by atoms with E-state index in [1.807, 2.05) is 0 Å². The van der Waals surface area contributed by atoms with Gasteiger partial charge in [-0.1, -0.05) is 0 Å². The number of benzene rings is 1. The van der Waals surface area contributed by atoms with Crippen LogP contribution >= 0.6 is 12.2 Å². The lowest BCUT2D eigenvalue weighted by Gasteiger charge is -2.05. The normalized spacial score (nSPS) is 11.9. The van der Waals surface area contributed by atoms with E-state index >= 15 is 0 Å². The van der Waals surface area contributed by atoms with Crippen molar-refractivity contribution in [3.05, 3.63) is 39.4 Å². The summed E-state index contributed by atoms with van der Waals surface area (Å²) in [7, 11) is -4.54. The first-order valence-corrected chi connectivity index (χ1v) is 7.12. The summed E-state index contributed by atoms with van der Waals surface area (Å²) in [6.07, 6.45) is 0. The lowest BCUT2D eigenvalue weighted by atomic mass is 10.3. The molecule has 0 aliphatic rings. The SMILES string of the molecule is O=c1[nH]c(=S)[nH]c(O)c1N=Nc1ccc(S(=O)(=O)[O-])cc1. The van der Waals surface area contributed by atoms with Crippen LogP contribution in [0.25, 0.3) is 0 Å². The van der Waals surface area contributed by atoms with Crippen molar-refractivity contribution in [2.75, 3.05) is 0 Å². The summed E-state index contributed by atoms with van der Waals surface area (Å²) >= 11 is 4.64. The molecule has 3 N–H and O–H groups in total. The Morgan fingerprint density at radius 2 is 1.76 bits per heavy atom. The Morgan fingerprint density at radius 1 is 1.14 bits per heavy atom. The zero-order chi connectivity index (χ0) is 15.6. The van der Waals surface area contributed by atoms with E-state index in [1.54, 1.807) is 0 Å². The van der Waals surface area contributed by atoms with Gasteiger partial charge in [0.25, 0.3) is 5.56 Å². The molecule has 11 heteroatoms. The number of aromatic nitrogens is 2. The van der Waals surface area contributed by atoms with Crippen LogP contribution in [0.5, 0.6) is 5.88 Å². The van der Waals surface area contributed by atoms with Gasteiger partial charge in [0.15, 0.2) is 4.77 Å². The van der Waals surface area contributed by atoms with Crippen LogP contribution in [0.15, 0.2) is 44.2 Å². The summed E-state index contributed by atoms with van der Waals surface area (Å²) in [6, 6.07) is 4.56. The van der Waals surface area contributed by atoms with Crippen molar-refractivity contribution in [1.82, 2.24) is 9.97 Å². The summed E-state index contributed by atoms with van der Waals surface area (Å²) in [5.74, 6) is -0.550. The van der Waals surface area contributed by atoms with Crippen molar-refractivity contribution in [2.45, 2.75) is 4.90 Å². The van der Waals surface area contributed by atoms with Crippen LogP contribution in [-0.4, -0.2) is 28.0 Å². The minimum absolute atomic E-state index is 0.0681. The summed E-state index contributed by atoms with van der Waals surface area (Å²) in [4.78, 5) is 15.6. The van der Waals surface area contributed by atoms with Crippen molar-refractivity contribution in [3.63, 3.8) is 0 Å². The van der Waals surface area contributed by atoms with Crippen molar-refractivity contribution < 1.29 is 18.1 Å². The highest BCUT2D eigenvalue weighted by Gasteiger charge is 2.06. The molecule has 0 aliphatic carbocycles. The minimum atomic E-state index is -4.54. The number of azo groups is 1. The quantitative estimate of drug-likeness (QED) is 0.441. The fourth-order valence-electron chi connectivity index (χ4n) is 1.35. The van der Waals surface area contributed by atoms with Gasteiger partial charge >= 0.3 is 0 Å². The second-order valence-electron chi connectivity index (χ2n) is 3.75. The molecular formula is C10H7N4O5S2-. The molecule has 2 aromatic rings. The maximum atomic E-state index is 11.5. The van der Waals surface area contributed by atoms with Gasteiger partial charge in [-0.3, -0.25) is 9.78 Å². The van der Waals surface area contributed by atoms with Gasteiger partial charge in [0.2, 0.25) is 11.6 Å². The molecule has 1 heterocycles. The van der Waals surface area contributed by atoms with Crippen molar-refractivity contribution in [1.29, 1.82) is 0 Å². The van der Waals surface area contributed by atoms with E-state index in [0.717, 1.165) is 12.1 Å². The topological polar surface area (TPSA) is 151 Å². The van der Waals surface area contributed by atoms with Crippen molar-refractivity contribution in [2.24, 2.45) is 10.2 Å². The second-order valence-corrected chi connectivity index (χ2v) is 5.54. The van der Waals surface area contributed by atoms with Crippen LogP contribution in [0.2, 0.25) is 0 Å². The monoisotopic (exact) mass is 327 g/mol. The predicted molar refractivity (Wildman–Crippen MR) is 72.5 cm³/mol. The Bertz CT molecular complexity index is 912. The second kappa shape index (κ2) is 5.55. The van der Waals surface area contributed by atoms with Crippen LogP contribution < -0.4 is 5.56 Å². The molecule has 0 bridgehead atoms. The summed E-state index contributed by atoms with van der Waals surface area (Å²) in [5, 5.41) is 16.7. The smallest absolute Gasteiger partial charge is 0.283 e. The third kappa shape index (κ3) is 3.59. The fourth-order valence-corrected chi connectivity index (χ4v) is 2.01. The maximum Gasteiger partial charge on any atom is 0.283 e. The van der Waals surface area contributed by atoms with Crippen LogP contribution in [0.3, 0.4) is 0 Å². The first-order chi connectivity index (χ1) is 9.77. The Morgan fingerprint density at radius 3 is 2.29 bits per heavy atom. The summed E-state index contributed by atoms with van der Waals surface area (Å²) in [5.41, 5.74) is -0.938. The van der Waals surface area contributed by atoms with Gasteiger partial charge in [-0.2, -0.15) is 5.11 Å². The fraction of sp³-hybridized carbons (Fsp3) is 0. The number of aromatic amines is 2. The highest BCUT2D eigenvalue weighted by atomic mass is 32.2. The van der Waals surface area contributed by atoms with Crippen LogP contribution in [0.4, 0.5) is 11.4 Å². The third-order valence-electron chi connectivity index (χ3n) is 2.29. The van der Waals surface area contributed by atoms with E-state index in [4.69, 9.17) is 0 Å². The molecule has 0 fully saturated rings. The molecule has 21 heavy (non-hydrogen) atoms. The van der Waals surface area contributed by atoms with Crippen LogP contribution in [-0.2, 0) is 10.1 Å². The highest BCUT2D eigenvalue weighted by Crippen LogP contribution is 2.22. The molecule has 0 spiro atoms. The van der Waals surface area contributed by atoms with E-state index in [-0.39, 0.29) is 16.1 Å². The van der Waals surface area contributed by atoms with E-state index in [2.05, 4.69) is 32.4 Å². The molecule has 0 atom stereocenters. The van der Waals surface area contributed by atoms with E-state index in [0.29, 0.717) is 0 Å². The van der Waals surface area contributed by atoms with Crippen LogP contribution in [0, 0.1) is 4.77 Å². The maximum absolute atomic E-state index is 11.5. The Hall–Kier alpha value is -2.37. The van der Waals surface area contributed by atoms with Gasteiger partial charge in [0, 0.05) is 0 Å². The summed E-state index contributed by atoms with van der Waals surface area (Å²) < 4.78 is 32.2. The number of hydrogen-bond acceptors (Lipinski definition) is 8. The summed E-state index contributed by atoms with van der Waals surface area (Å²) in [6.45, 7) is 0. The molecule has 9 nitrogen and oxygen atoms in total. The molecule has 110 valence electrons. The van der Waals surface area contributed by atoms with Gasteiger partial charge in [-0.15, -0.1) is 5.11 Å². The molecular weight excluding hydrogens is 320 g/mol. The first kappa shape index (κ1) is 15.0. The molecule has 0 unspecified atom stereocenters. The zero-order valence-electron chi connectivity index (χ0n) is 10.1. The Kier molecular flexibility index (Phi) is 3.97. The molecule has 1 aromatic carbocycles. The van der Waals surface area contributed by atoms with E-state index < -0.39 is 26.5 Å². The zero-order valence-corrected chi connectivity index (χ0v) is 11.7. The number of hydrogen-bond donors (Lipinski definition) is 3. The largest absolute Gasteiger partial charge is 0.744 e. The van der Waals surface area contributed by atoms with Crippen LogP contribution in [0.1, 0.15) is 0 Å². The third-order valence-corrected chi connectivity index (χ3v) is 3.34. The number of nitrogens with zero attached hydrogens (tertiary/aromatic N) is 2. The Balaban J connectivity index is 2.35. The predicted octanol–water partition coefficient (Wildman–Crippen LogP) is 1.46. The standard InChI is InChI=1S/C10H8N4O5S2/c15-8-7(9(16)12-10(20)11-8)14-13-5-1-3-6(4-2-5)21(17,18)19/h1-4H,(H,17,18,19)(H3,11,12,15,16,20)/p-1. The van der Waals surface area contributed by atoms with Gasteiger partial charge in [-0.05, 0) is 36.5 Å². The van der Waals surface area contributed by atoms with Gasteiger partial charge in [0.05, 0.1) is 10.6 Å². The molecule has 0 radical (unpaired) electrons. The molecule has 0 saturated heterocycles. The van der Waals surface area contributed by atoms with E-state index in [9.17, 15) is 22.9 Å². The molecule has 1 aromatic heterocycles. The van der Waals surface area contributed by atoms with Crippen molar-refractivity contribution >= 4 is 33.7 Å². The van der Waals surface area contributed by atoms with Gasteiger partial charge in [-0.25, -0.2) is 8.42 Å². The van der Waals surface area contributed by atoms with Gasteiger partial charge < -0.3 is 14.6 Å². The molecule has 0 aliphatic heterocycles. The molecule has 2 rings (SSSR count). The lowest BCUT2D eigenvalue weighted by Crippen LogP contribution is -2.06.